The molecule has 5 nitrogen and oxygen atoms in total. The number of carboxylic acids is 1. The molecule has 3 rings (SSSR count). The molecule has 0 radical (unpaired) electrons. The van der Waals surface area contributed by atoms with Crippen molar-refractivity contribution in [1.82, 2.24) is 10.3 Å². The van der Waals surface area contributed by atoms with Crippen LogP contribution in [0.4, 0.5) is 0 Å². The summed E-state index contributed by atoms with van der Waals surface area (Å²) in [5.74, 6) is -0.0317. The minimum Gasteiger partial charge on any atom is -0.493 e. The van der Waals surface area contributed by atoms with Crippen LogP contribution in [0, 0.1) is 0 Å². The van der Waals surface area contributed by atoms with Gasteiger partial charge in [-0.3, -0.25) is 4.98 Å². The van der Waals surface area contributed by atoms with E-state index in [9.17, 15) is 4.79 Å². The Labute approximate surface area is 122 Å². The molecular weight excluding hydrogens is 268 g/mol. The Bertz CT molecular complexity index is 640. The van der Waals surface area contributed by atoms with Crippen LogP contribution in [0.25, 0.3) is 0 Å². The summed E-state index contributed by atoms with van der Waals surface area (Å²) in [4.78, 5) is 15.0. The van der Waals surface area contributed by atoms with Gasteiger partial charge < -0.3 is 15.2 Å². The lowest BCUT2D eigenvalue weighted by Gasteiger charge is -2.26. The lowest BCUT2D eigenvalue weighted by Crippen LogP contribution is -2.27. The summed E-state index contributed by atoms with van der Waals surface area (Å²) < 4.78 is 5.63. The van der Waals surface area contributed by atoms with E-state index in [1.54, 1.807) is 12.1 Å². The van der Waals surface area contributed by atoms with Crippen molar-refractivity contribution in [3.05, 3.63) is 59.4 Å². The predicted molar refractivity (Wildman–Crippen MR) is 77.3 cm³/mol. The van der Waals surface area contributed by atoms with Gasteiger partial charge in [0, 0.05) is 30.8 Å². The minimum atomic E-state index is -0.958. The molecule has 1 aliphatic heterocycles. The van der Waals surface area contributed by atoms with E-state index >= 15 is 0 Å². The van der Waals surface area contributed by atoms with Gasteiger partial charge in [0.2, 0.25) is 0 Å². The van der Waals surface area contributed by atoms with Crippen molar-refractivity contribution in [3.8, 4) is 5.75 Å². The van der Waals surface area contributed by atoms with Gasteiger partial charge in [0.15, 0.2) is 0 Å². The Morgan fingerprint density at radius 3 is 2.95 bits per heavy atom. The van der Waals surface area contributed by atoms with E-state index in [1.807, 2.05) is 18.2 Å². The molecule has 0 saturated carbocycles. The highest BCUT2D eigenvalue weighted by atomic mass is 16.5. The van der Waals surface area contributed by atoms with Gasteiger partial charge in [-0.05, 0) is 18.2 Å². The van der Waals surface area contributed by atoms with Gasteiger partial charge in [-0.25, -0.2) is 4.79 Å². The van der Waals surface area contributed by atoms with Gasteiger partial charge in [-0.2, -0.15) is 0 Å². The molecular formula is C16H16N2O3. The molecule has 0 saturated heterocycles. The number of aromatic carboxylic acids is 1. The van der Waals surface area contributed by atoms with Crippen molar-refractivity contribution in [2.45, 2.75) is 19.0 Å². The van der Waals surface area contributed by atoms with E-state index in [1.165, 1.54) is 6.20 Å². The lowest BCUT2D eigenvalue weighted by molar-refractivity contribution is 0.0696. The molecule has 1 atom stereocenters. The van der Waals surface area contributed by atoms with Crippen LogP contribution in [0.5, 0.6) is 5.75 Å². The highest BCUT2D eigenvalue weighted by molar-refractivity contribution is 5.87. The van der Waals surface area contributed by atoms with E-state index in [0.29, 0.717) is 13.2 Å². The Morgan fingerprint density at radius 1 is 1.33 bits per heavy atom. The first-order valence-corrected chi connectivity index (χ1v) is 6.87. The van der Waals surface area contributed by atoms with Gasteiger partial charge in [0.05, 0.1) is 17.9 Å². The summed E-state index contributed by atoms with van der Waals surface area (Å²) in [7, 11) is 0. The van der Waals surface area contributed by atoms with Crippen molar-refractivity contribution >= 4 is 5.97 Å². The third-order valence-corrected chi connectivity index (χ3v) is 3.56. The maximum absolute atomic E-state index is 10.8. The normalized spacial score (nSPS) is 16.9. The summed E-state index contributed by atoms with van der Waals surface area (Å²) in [6.07, 6.45) is 2.29. The highest BCUT2D eigenvalue weighted by Crippen LogP contribution is 2.31. The van der Waals surface area contributed by atoms with E-state index in [-0.39, 0.29) is 11.6 Å². The first-order valence-electron chi connectivity index (χ1n) is 6.87. The maximum Gasteiger partial charge on any atom is 0.337 e. The van der Waals surface area contributed by atoms with Crippen LogP contribution in [0.15, 0.2) is 42.6 Å². The van der Waals surface area contributed by atoms with Crippen LogP contribution in [-0.4, -0.2) is 22.7 Å². The van der Waals surface area contributed by atoms with Crippen molar-refractivity contribution in [3.63, 3.8) is 0 Å². The van der Waals surface area contributed by atoms with Crippen LogP contribution in [-0.2, 0) is 6.54 Å². The smallest absolute Gasteiger partial charge is 0.337 e. The quantitative estimate of drug-likeness (QED) is 0.902. The van der Waals surface area contributed by atoms with Crippen molar-refractivity contribution in [2.24, 2.45) is 0 Å². The van der Waals surface area contributed by atoms with Crippen LogP contribution in [0.3, 0.4) is 0 Å². The number of carboxylic acid groups (broad SMARTS) is 1. The topological polar surface area (TPSA) is 71.5 Å². The predicted octanol–water partition coefficient (Wildman–Crippen LogP) is 2.39. The molecule has 0 amide bonds. The average molecular weight is 284 g/mol. The fraction of sp³-hybridized carbons (Fsp3) is 0.250. The minimum absolute atomic E-state index is 0.204. The van der Waals surface area contributed by atoms with Gasteiger partial charge in [-0.15, -0.1) is 0 Å². The second kappa shape index (κ2) is 5.93. The third-order valence-electron chi connectivity index (χ3n) is 3.56. The molecule has 0 fully saturated rings. The first kappa shape index (κ1) is 13.6. The zero-order valence-electron chi connectivity index (χ0n) is 11.5. The van der Waals surface area contributed by atoms with E-state index in [4.69, 9.17) is 9.84 Å². The fourth-order valence-corrected chi connectivity index (χ4v) is 2.44. The van der Waals surface area contributed by atoms with E-state index in [2.05, 4.69) is 16.4 Å². The standard InChI is InChI=1S/C16H16N2O3/c19-16(20)11-5-6-12(17-9-11)10-18-14-7-8-21-15-4-2-1-3-13(14)15/h1-6,9,14,18H,7-8,10H2,(H,19,20). The number of pyridine rings is 1. The number of hydrogen-bond donors (Lipinski definition) is 2. The number of aromatic nitrogens is 1. The van der Waals surface area contributed by atoms with Crippen LogP contribution < -0.4 is 10.1 Å². The molecule has 0 spiro atoms. The van der Waals surface area contributed by atoms with Crippen LogP contribution >= 0.6 is 0 Å². The average Bonchev–Trinajstić information content (AvgIpc) is 2.53. The molecule has 2 heterocycles. The number of carbonyl (C=O) groups is 1. The largest absolute Gasteiger partial charge is 0.493 e. The number of nitrogens with zero attached hydrogens (tertiary/aromatic N) is 1. The fourth-order valence-electron chi connectivity index (χ4n) is 2.44. The molecule has 1 aliphatic rings. The lowest BCUT2D eigenvalue weighted by atomic mass is 10.0. The van der Waals surface area contributed by atoms with E-state index < -0.39 is 5.97 Å². The molecule has 1 aromatic carbocycles. The first-order chi connectivity index (χ1) is 10.2. The van der Waals surface area contributed by atoms with Gasteiger partial charge >= 0.3 is 5.97 Å². The molecule has 108 valence electrons. The van der Waals surface area contributed by atoms with Crippen LogP contribution in [0.1, 0.15) is 34.1 Å². The monoisotopic (exact) mass is 284 g/mol. The molecule has 0 aliphatic carbocycles. The second-order valence-electron chi connectivity index (χ2n) is 4.95. The Kier molecular flexibility index (Phi) is 3.83. The maximum atomic E-state index is 10.8. The summed E-state index contributed by atoms with van der Waals surface area (Å²) in [5, 5.41) is 12.3. The molecule has 21 heavy (non-hydrogen) atoms. The Balaban J connectivity index is 1.67. The van der Waals surface area contributed by atoms with Gasteiger partial charge in [0.1, 0.15) is 5.75 Å². The molecule has 2 aromatic rings. The zero-order valence-corrected chi connectivity index (χ0v) is 11.5. The highest BCUT2D eigenvalue weighted by Gasteiger charge is 2.20. The second-order valence-corrected chi connectivity index (χ2v) is 4.95. The zero-order chi connectivity index (χ0) is 14.7. The van der Waals surface area contributed by atoms with Crippen LogP contribution in [0.2, 0.25) is 0 Å². The molecule has 0 bridgehead atoms. The van der Waals surface area contributed by atoms with Crippen molar-refractivity contribution in [2.75, 3.05) is 6.61 Å². The van der Waals surface area contributed by atoms with Crippen molar-refractivity contribution < 1.29 is 14.6 Å². The molecule has 1 aromatic heterocycles. The van der Waals surface area contributed by atoms with Crippen molar-refractivity contribution in [1.29, 1.82) is 0 Å². The molecule has 1 unspecified atom stereocenters. The van der Waals surface area contributed by atoms with E-state index in [0.717, 1.165) is 23.4 Å². The summed E-state index contributed by atoms with van der Waals surface area (Å²) in [5.41, 5.74) is 2.19. The number of rotatable bonds is 4. The summed E-state index contributed by atoms with van der Waals surface area (Å²) >= 11 is 0. The molecule has 5 heteroatoms. The van der Waals surface area contributed by atoms with Gasteiger partial charge in [0.25, 0.3) is 0 Å². The Hall–Kier alpha value is -2.40. The number of hydrogen-bond acceptors (Lipinski definition) is 4. The summed E-state index contributed by atoms with van der Waals surface area (Å²) in [6.45, 7) is 1.29. The number of fused-ring (bicyclic) bond motifs is 1. The number of nitrogens with one attached hydrogen (secondary N) is 1. The molecule has 2 N–H and O–H groups in total. The van der Waals surface area contributed by atoms with Gasteiger partial charge in [-0.1, -0.05) is 18.2 Å². The SMILES string of the molecule is O=C(O)c1ccc(CNC2CCOc3ccccc32)nc1. The summed E-state index contributed by atoms with van der Waals surface area (Å²) in [6, 6.07) is 11.5. The number of para-hydroxylation sites is 1. The Morgan fingerprint density at radius 2 is 2.19 bits per heavy atom. The number of ether oxygens (including phenoxy) is 1. The third kappa shape index (κ3) is 3.03. The number of benzene rings is 1.